The second kappa shape index (κ2) is 6.19. The Labute approximate surface area is 142 Å². The lowest BCUT2D eigenvalue weighted by atomic mass is 10.0. The largest absolute Gasteiger partial charge is 0.435 e. The molecule has 1 aliphatic heterocycles. The zero-order valence-corrected chi connectivity index (χ0v) is 13.0. The van der Waals surface area contributed by atoms with Gasteiger partial charge < -0.3 is 4.90 Å². The average molecular weight is 376 g/mol. The minimum absolute atomic E-state index is 0.219. The van der Waals surface area contributed by atoms with Gasteiger partial charge in [0.25, 0.3) is 0 Å². The van der Waals surface area contributed by atoms with Crippen molar-refractivity contribution in [3.8, 4) is 11.3 Å². The summed E-state index contributed by atoms with van der Waals surface area (Å²) in [5.74, 6) is -4.48. The number of nitrogens with zero attached hydrogens (tertiary/aromatic N) is 2. The van der Waals surface area contributed by atoms with Crippen LogP contribution in [0.1, 0.15) is 11.3 Å². The van der Waals surface area contributed by atoms with Crippen LogP contribution in [0.3, 0.4) is 0 Å². The van der Waals surface area contributed by atoms with Crippen LogP contribution in [0, 0.1) is 24.6 Å². The number of aromatic nitrogens is 2. The van der Waals surface area contributed by atoms with Gasteiger partial charge in [0.05, 0.1) is 23.9 Å². The summed E-state index contributed by atoms with van der Waals surface area (Å²) in [6, 6.07) is 1.52. The first-order chi connectivity index (χ1) is 12.1. The zero-order valence-electron chi connectivity index (χ0n) is 13.0. The molecule has 0 bridgehead atoms. The quantitative estimate of drug-likeness (QED) is 0.751. The van der Waals surface area contributed by atoms with Crippen LogP contribution in [0.4, 0.5) is 36.4 Å². The maximum atomic E-state index is 14.4. The first-order valence-corrected chi connectivity index (χ1v) is 7.12. The molecule has 10 heteroatoms. The molecular weight excluding hydrogens is 367 g/mol. The second-order valence-electron chi connectivity index (χ2n) is 5.49. The molecule has 2 heterocycles. The molecule has 1 N–H and O–H groups in total. The third-order valence-corrected chi connectivity index (χ3v) is 3.72. The van der Waals surface area contributed by atoms with E-state index < -0.39 is 58.5 Å². The van der Waals surface area contributed by atoms with Gasteiger partial charge in [0.1, 0.15) is 23.3 Å². The molecule has 0 saturated carbocycles. The molecule has 1 radical (unpaired) electrons. The topological polar surface area (TPSA) is 31.9 Å². The van der Waals surface area contributed by atoms with Gasteiger partial charge in [-0.2, -0.15) is 18.3 Å². The van der Waals surface area contributed by atoms with E-state index >= 15 is 0 Å². The normalized spacial score (nSPS) is 15.2. The number of H-pyrrole nitrogens is 1. The van der Waals surface area contributed by atoms with E-state index in [2.05, 4.69) is 5.10 Å². The molecule has 0 aliphatic carbocycles. The Morgan fingerprint density at radius 1 is 1.12 bits per heavy atom. The summed E-state index contributed by atoms with van der Waals surface area (Å²) in [5, 5.41) is 5.05. The number of benzene rings is 1. The average Bonchev–Trinajstić information content (AvgIpc) is 2.87. The second-order valence-corrected chi connectivity index (χ2v) is 5.49. The summed E-state index contributed by atoms with van der Waals surface area (Å²) in [6.45, 7) is 0.528. The van der Waals surface area contributed by atoms with Crippen LogP contribution in [0.2, 0.25) is 0 Å². The van der Waals surface area contributed by atoms with Crippen LogP contribution in [0.5, 0.6) is 0 Å². The van der Waals surface area contributed by atoms with E-state index in [1.807, 2.05) is 5.10 Å². The number of hydrogen-bond donors (Lipinski definition) is 1. The molecular formula is C16H9F7N3. The predicted molar refractivity (Wildman–Crippen MR) is 78.1 cm³/mol. The SMILES string of the molecule is Cc1c(C(F)(F)F)n[nH]c1-c1c(F)cc(N2C=C(F)[C]=C(F)C2)cc1F. The molecule has 1 aromatic carbocycles. The van der Waals surface area contributed by atoms with Crippen LogP contribution in [0.25, 0.3) is 11.3 Å². The first-order valence-electron chi connectivity index (χ1n) is 7.12. The van der Waals surface area contributed by atoms with Crippen molar-refractivity contribution in [3.05, 3.63) is 59.0 Å². The van der Waals surface area contributed by atoms with Gasteiger partial charge in [-0.1, -0.05) is 0 Å². The summed E-state index contributed by atoms with van der Waals surface area (Å²) in [5.41, 5.74) is -3.21. The summed E-state index contributed by atoms with van der Waals surface area (Å²) in [6.07, 6.45) is -2.23. The number of anilines is 1. The van der Waals surface area contributed by atoms with Crippen LogP contribution >= 0.6 is 0 Å². The Kier molecular flexibility index (Phi) is 4.29. The summed E-state index contributed by atoms with van der Waals surface area (Å²) in [7, 11) is 0. The number of aromatic amines is 1. The van der Waals surface area contributed by atoms with Crippen molar-refractivity contribution in [2.45, 2.75) is 13.1 Å². The van der Waals surface area contributed by atoms with Crippen molar-refractivity contribution in [1.29, 1.82) is 0 Å². The number of allylic oxidation sites excluding steroid dienone is 2. The standard InChI is InChI=1S/C16H9F7N3/c1-7-14(24-25-15(7)16(21,22)23)13-11(19)3-10(4-12(13)20)26-5-8(17)2-9(18)6-26/h3-5H,6H2,1H3,(H,24,25). The van der Waals surface area contributed by atoms with Crippen molar-refractivity contribution in [3.63, 3.8) is 0 Å². The van der Waals surface area contributed by atoms with E-state index in [0.717, 1.165) is 30.2 Å². The molecule has 0 unspecified atom stereocenters. The van der Waals surface area contributed by atoms with Crippen molar-refractivity contribution < 1.29 is 30.7 Å². The summed E-state index contributed by atoms with van der Waals surface area (Å²) in [4.78, 5) is 0.901. The molecule has 3 nitrogen and oxygen atoms in total. The fourth-order valence-corrected chi connectivity index (χ4v) is 2.58. The molecule has 0 amide bonds. The molecule has 1 aliphatic rings. The van der Waals surface area contributed by atoms with Crippen molar-refractivity contribution in [1.82, 2.24) is 10.2 Å². The summed E-state index contributed by atoms with van der Waals surface area (Å²) >= 11 is 0. The molecule has 26 heavy (non-hydrogen) atoms. The van der Waals surface area contributed by atoms with Gasteiger partial charge >= 0.3 is 6.18 Å². The highest BCUT2D eigenvalue weighted by molar-refractivity contribution is 5.69. The highest BCUT2D eigenvalue weighted by atomic mass is 19.4. The van der Waals surface area contributed by atoms with Gasteiger partial charge in [-0.3, -0.25) is 5.10 Å². The predicted octanol–water partition coefficient (Wildman–Crippen LogP) is 4.97. The lowest BCUT2D eigenvalue weighted by molar-refractivity contribution is -0.141. The monoisotopic (exact) mass is 376 g/mol. The maximum Gasteiger partial charge on any atom is 0.435 e. The third-order valence-electron chi connectivity index (χ3n) is 3.72. The van der Waals surface area contributed by atoms with Gasteiger partial charge in [0.2, 0.25) is 0 Å². The minimum atomic E-state index is -4.79. The lowest BCUT2D eigenvalue weighted by Gasteiger charge is -2.22. The highest BCUT2D eigenvalue weighted by Gasteiger charge is 2.37. The number of nitrogens with one attached hydrogen (secondary N) is 1. The lowest BCUT2D eigenvalue weighted by Crippen LogP contribution is -2.21. The zero-order chi connectivity index (χ0) is 19.2. The van der Waals surface area contributed by atoms with E-state index in [-0.39, 0.29) is 5.69 Å². The van der Waals surface area contributed by atoms with Gasteiger partial charge in [-0.25, -0.2) is 17.6 Å². The first kappa shape index (κ1) is 18.0. The Bertz CT molecular complexity index is 901. The van der Waals surface area contributed by atoms with Crippen LogP contribution in [-0.2, 0) is 6.18 Å². The molecule has 0 fully saturated rings. The van der Waals surface area contributed by atoms with E-state index in [1.165, 1.54) is 0 Å². The Hall–Kier alpha value is -2.78. The van der Waals surface area contributed by atoms with Crippen molar-refractivity contribution >= 4 is 5.69 Å². The molecule has 0 spiro atoms. The minimum Gasteiger partial charge on any atom is -0.338 e. The van der Waals surface area contributed by atoms with E-state index in [1.54, 1.807) is 6.08 Å². The Balaban J connectivity index is 2.05. The van der Waals surface area contributed by atoms with Crippen molar-refractivity contribution in [2.24, 2.45) is 0 Å². The molecule has 137 valence electrons. The van der Waals surface area contributed by atoms with Crippen LogP contribution in [-0.4, -0.2) is 16.7 Å². The number of rotatable bonds is 2. The van der Waals surface area contributed by atoms with Gasteiger partial charge in [-0.15, -0.1) is 0 Å². The fraction of sp³-hybridized carbons (Fsp3) is 0.188. The van der Waals surface area contributed by atoms with E-state index in [9.17, 15) is 30.7 Å². The molecule has 1 aromatic heterocycles. The number of alkyl halides is 3. The molecule has 2 aromatic rings. The van der Waals surface area contributed by atoms with Gasteiger partial charge in [0.15, 0.2) is 5.69 Å². The van der Waals surface area contributed by atoms with Crippen LogP contribution in [0.15, 0.2) is 30.0 Å². The Morgan fingerprint density at radius 2 is 1.73 bits per heavy atom. The Morgan fingerprint density at radius 3 is 2.23 bits per heavy atom. The number of hydrogen-bond acceptors (Lipinski definition) is 2. The highest BCUT2D eigenvalue weighted by Crippen LogP contribution is 2.37. The van der Waals surface area contributed by atoms with Gasteiger partial charge in [0, 0.05) is 17.5 Å². The molecule has 0 saturated heterocycles. The third kappa shape index (κ3) is 3.18. The van der Waals surface area contributed by atoms with E-state index in [4.69, 9.17) is 0 Å². The molecule has 3 rings (SSSR count). The number of halogens is 7. The van der Waals surface area contributed by atoms with E-state index in [0.29, 0.717) is 0 Å². The fourth-order valence-electron chi connectivity index (χ4n) is 2.58. The maximum absolute atomic E-state index is 14.4. The van der Waals surface area contributed by atoms with Gasteiger partial charge in [-0.05, 0) is 19.1 Å². The van der Waals surface area contributed by atoms with Crippen LogP contribution < -0.4 is 4.90 Å². The molecule has 0 atom stereocenters. The van der Waals surface area contributed by atoms with Crippen molar-refractivity contribution in [2.75, 3.05) is 11.4 Å². The summed E-state index contributed by atoms with van der Waals surface area (Å²) < 4.78 is 93.7. The smallest absolute Gasteiger partial charge is 0.338 e.